The highest BCUT2D eigenvalue weighted by Crippen LogP contribution is 2.44. The number of phenols is 1. The number of alkyl carbamates (subject to hydrolysis) is 1. The van der Waals surface area contributed by atoms with E-state index in [0.717, 1.165) is 21.5 Å². The maximum atomic E-state index is 12.6. The predicted octanol–water partition coefficient (Wildman–Crippen LogP) is 5.80. The van der Waals surface area contributed by atoms with Crippen LogP contribution in [0.1, 0.15) is 20.8 Å². The van der Waals surface area contributed by atoms with Crippen molar-refractivity contribution in [3.8, 4) is 22.6 Å². The number of ether oxygens (including phenoxy) is 2. The lowest BCUT2D eigenvalue weighted by atomic mass is 9.92. The Bertz CT molecular complexity index is 1350. The number of amides is 1. The Morgan fingerprint density at radius 3 is 2.03 bits per heavy atom. The van der Waals surface area contributed by atoms with Gasteiger partial charge in [-0.1, -0.05) is 60.7 Å². The first kappa shape index (κ1) is 22.1. The van der Waals surface area contributed by atoms with Crippen molar-refractivity contribution in [2.75, 3.05) is 6.54 Å². The molecule has 0 aliphatic carbocycles. The summed E-state index contributed by atoms with van der Waals surface area (Å²) in [5.41, 5.74) is 0.506. The molecule has 0 saturated carbocycles. The van der Waals surface area contributed by atoms with Crippen LogP contribution in [0.3, 0.4) is 0 Å². The Kier molecular flexibility index (Phi) is 5.92. The molecule has 1 amide bonds. The molecule has 0 fully saturated rings. The van der Waals surface area contributed by atoms with Gasteiger partial charge < -0.3 is 19.9 Å². The molecule has 4 rings (SSSR count). The third-order valence-electron chi connectivity index (χ3n) is 5.05. The molecule has 4 aromatic carbocycles. The summed E-state index contributed by atoms with van der Waals surface area (Å²) in [7, 11) is 0. The van der Waals surface area contributed by atoms with Crippen LogP contribution in [0.4, 0.5) is 4.79 Å². The molecule has 0 radical (unpaired) electrons. The smallest absolute Gasteiger partial charge is 0.408 e. The summed E-state index contributed by atoms with van der Waals surface area (Å²) in [6, 6.07) is 22.4. The highest BCUT2D eigenvalue weighted by molar-refractivity contribution is 6.10. The molecule has 2 N–H and O–H groups in total. The minimum atomic E-state index is -0.704. The van der Waals surface area contributed by atoms with Gasteiger partial charge in [0, 0.05) is 11.1 Å². The molecule has 6 nitrogen and oxygen atoms in total. The number of carbonyl (C=O) groups is 2. The van der Waals surface area contributed by atoms with Gasteiger partial charge in [0.1, 0.15) is 23.6 Å². The summed E-state index contributed by atoms with van der Waals surface area (Å²) in [5.74, 6) is -0.289. The molecule has 0 unspecified atom stereocenters. The SMILES string of the molecule is CC(C)(C)OC(=O)NCC(=O)Oc1ccc2ccccc2c1-c1c(O)ccc2ccccc12. The Balaban J connectivity index is 1.75. The van der Waals surface area contributed by atoms with Crippen molar-refractivity contribution in [2.24, 2.45) is 0 Å². The molecule has 0 aromatic heterocycles. The largest absolute Gasteiger partial charge is 0.507 e. The molecule has 0 saturated heterocycles. The molecule has 6 heteroatoms. The lowest BCUT2D eigenvalue weighted by molar-refractivity contribution is -0.133. The molecular formula is C27H25NO5. The van der Waals surface area contributed by atoms with Gasteiger partial charge >= 0.3 is 12.1 Å². The van der Waals surface area contributed by atoms with Crippen molar-refractivity contribution in [3.05, 3.63) is 72.8 Å². The second kappa shape index (κ2) is 8.82. The number of nitrogens with one attached hydrogen (secondary N) is 1. The first-order valence-corrected chi connectivity index (χ1v) is 10.6. The van der Waals surface area contributed by atoms with E-state index >= 15 is 0 Å². The van der Waals surface area contributed by atoms with Gasteiger partial charge in [-0.2, -0.15) is 0 Å². The van der Waals surface area contributed by atoms with E-state index in [4.69, 9.17) is 9.47 Å². The minimum Gasteiger partial charge on any atom is -0.507 e. The van der Waals surface area contributed by atoms with Crippen LogP contribution >= 0.6 is 0 Å². The normalized spacial score (nSPS) is 11.4. The number of fused-ring (bicyclic) bond motifs is 2. The van der Waals surface area contributed by atoms with Crippen LogP contribution in [-0.4, -0.2) is 29.3 Å². The van der Waals surface area contributed by atoms with E-state index in [1.165, 1.54) is 0 Å². The van der Waals surface area contributed by atoms with Crippen LogP contribution in [0.2, 0.25) is 0 Å². The second-order valence-electron chi connectivity index (χ2n) is 8.67. The summed E-state index contributed by atoms with van der Waals surface area (Å²) in [4.78, 5) is 24.5. The Morgan fingerprint density at radius 2 is 1.39 bits per heavy atom. The first-order valence-electron chi connectivity index (χ1n) is 10.6. The van der Waals surface area contributed by atoms with Crippen LogP contribution in [-0.2, 0) is 9.53 Å². The zero-order valence-electron chi connectivity index (χ0n) is 18.7. The van der Waals surface area contributed by atoms with E-state index < -0.39 is 17.7 Å². The van der Waals surface area contributed by atoms with Crippen molar-refractivity contribution in [1.82, 2.24) is 5.32 Å². The maximum absolute atomic E-state index is 12.6. The van der Waals surface area contributed by atoms with Gasteiger partial charge in [0.15, 0.2) is 0 Å². The second-order valence-corrected chi connectivity index (χ2v) is 8.67. The van der Waals surface area contributed by atoms with Crippen LogP contribution in [0.5, 0.6) is 11.5 Å². The number of aromatic hydroxyl groups is 1. The Labute approximate surface area is 191 Å². The standard InChI is InChI=1S/C27H25NO5/c1-27(2,3)33-26(31)28-16-23(30)32-22-15-13-18-9-5-7-11-20(18)25(22)24-19-10-6-4-8-17(19)12-14-21(24)29/h4-15,29H,16H2,1-3H3,(H,28,31). The third kappa shape index (κ3) is 4.90. The van der Waals surface area contributed by atoms with E-state index in [1.54, 1.807) is 32.9 Å². The topological polar surface area (TPSA) is 84.9 Å². The number of hydrogen-bond donors (Lipinski definition) is 2. The van der Waals surface area contributed by atoms with Gasteiger partial charge in [-0.3, -0.25) is 0 Å². The summed E-state index contributed by atoms with van der Waals surface area (Å²) in [6.45, 7) is 4.86. The van der Waals surface area contributed by atoms with Gasteiger partial charge in [0.25, 0.3) is 0 Å². The molecule has 0 atom stereocenters. The van der Waals surface area contributed by atoms with Crippen LogP contribution in [0.15, 0.2) is 72.8 Å². The molecule has 0 bridgehead atoms. The van der Waals surface area contributed by atoms with Gasteiger partial charge in [-0.05, 0) is 54.4 Å². The van der Waals surface area contributed by atoms with Gasteiger partial charge in [-0.15, -0.1) is 0 Å². The molecule has 33 heavy (non-hydrogen) atoms. The lowest BCUT2D eigenvalue weighted by Crippen LogP contribution is -2.36. The number of rotatable bonds is 4. The highest BCUT2D eigenvalue weighted by atomic mass is 16.6. The van der Waals surface area contributed by atoms with Crippen molar-refractivity contribution >= 4 is 33.6 Å². The van der Waals surface area contributed by atoms with E-state index in [1.807, 2.05) is 60.7 Å². The summed E-state index contributed by atoms with van der Waals surface area (Å²) >= 11 is 0. The fraction of sp³-hybridized carbons (Fsp3) is 0.185. The lowest BCUT2D eigenvalue weighted by Gasteiger charge is -2.19. The average Bonchev–Trinajstić information content (AvgIpc) is 2.77. The zero-order valence-corrected chi connectivity index (χ0v) is 18.7. The molecular weight excluding hydrogens is 418 g/mol. The monoisotopic (exact) mass is 443 g/mol. The van der Waals surface area contributed by atoms with Crippen molar-refractivity contribution in [1.29, 1.82) is 0 Å². The van der Waals surface area contributed by atoms with Gasteiger partial charge in [-0.25, -0.2) is 9.59 Å². The third-order valence-corrected chi connectivity index (χ3v) is 5.05. The average molecular weight is 443 g/mol. The minimum absolute atomic E-state index is 0.0780. The van der Waals surface area contributed by atoms with Crippen molar-refractivity contribution in [2.45, 2.75) is 26.4 Å². The van der Waals surface area contributed by atoms with E-state index in [9.17, 15) is 14.7 Å². The number of carbonyl (C=O) groups excluding carboxylic acids is 2. The molecule has 0 aliphatic heterocycles. The molecule has 0 heterocycles. The molecule has 0 spiro atoms. The summed E-state index contributed by atoms with van der Waals surface area (Å²) in [6.07, 6.45) is -0.704. The van der Waals surface area contributed by atoms with Gasteiger partial charge in [0.05, 0.1) is 0 Å². The van der Waals surface area contributed by atoms with Crippen LogP contribution in [0.25, 0.3) is 32.7 Å². The predicted molar refractivity (Wildman–Crippen MR) is 128 cm³/mol. The number of phenolic OH excluding ortho intramolecular Hbond substituents is 1. The summed E-state index contributed by atoms with van der Waals surface area (Å²) < 4.78 is 10.8. The fourth-order valence-electron chi connectivity index (χ4n) is 3.73. The molecule has 4 aromatic rings. The Hall–Kier alpha value is -4.06. The van der Waals surface area contributed by atoms with E-state index in [2.05, 4.69) is 5.32 Å². The molecule has 168 valence electrons. The van der Waals surface area contributed by atoms with Gasteiger partial charge in [0.2, 0.25) is 0 Å². The molecule has 0 aliphatic rings. The number of benzene rings is 4. The Morgan fingerprint density at radius 1 is 0.818 bits per heavy atom. The number of hydrogen-bond acceptors (Lipinski definition) is 5. The van der Waals surface area contributed by atoms with Crippen LogP contribution in [0, 0.1) is 0 Å². The van der Waals surface area contributed by atoms with Crippen LogP contribution < -0.4 is 10.1 Å². The van der Waals surface area contributed by atoms with Crippen molar-refractivity contribution < 1.29 is 24.2 Å². The fourth-order valence-corrected chi connectivity index (χ4v) is 3.73. The first-order chi connectivity index (χ1) is 15.7. The maximum Gasteiger partial charge on any atom is 0.408 e. The quantitative estimate of drug-likeness (QED) is 0.308. The number of esters is 1. The van der Waals surface area contributed by atoms with E-state index in [-0.39, 0.29) is 18.0 Å². The van der Waals surface area contributed by atoms with E-state index in [0.29, 0.717) is 11.1 Å². The summed E-state index contributed by atoms with van der Waals surface area (Å²) in [5, 5.41) is 16.8. The highest BCUT2D eigenvalue weighted by Gasteiger charge is 2.21. The van der Waals surface area contributed by atoms with Crippen molar-refractivity contribution in [3.63, 3.8) is 0 Å². The zero-order chi connectivity index (χ0) is 23.6.